The topological polar surface area (TPSA) is 742 Å². The van der Waals surface area contributed by atoms with Crippen LogP contribution >= 0.6 is 0 Å². The van der Waals surface area contributed by atoms with Crippen molar-refractivity contribution in [2.75, 3.05) is 19.6 Å². The Kier molecular flexibility index (Phi) is 48.2. The summed E-state index contributed by atoms with van der Waals surface area (Å²) in [5.74, 6) is -20.7. The summed E-state index contributed by atoms with van der Waals surface area (Å²) in [6.45, 7) is 23.6. The van der Waals surface area contributed by atoms with Crippen LogP contribution in [-0.4, -0.2) is 270 Å². The van der Waals surface area contributed by atoms with Gasteiger partial charge < -0.3 is 133 Å². The summed E-state index contributed by atoms with van der Waals surface area (Å²) in [7, 11) is 0. The van der Waals surface area contributed by atoms with E-state index in [0.29, 0.717) is 17.7 Å². The quantitative estimate of drug-likeness (QED) is 0.0250. The molecule has 3 rings (SSSR count). The number of carboxylic acid groups (broad SMARTS) is 1. The number of aliphatic hydroxyl groups excluding tert-OH is 1. The number of aromatic amines is 2. The fourth-order valence-corrected chi connectivity index (χ4v) is 13.2. The number of imidazole rings is 2. The third-order valence-corrected chi connectivity index (χ3v) is 20.4. The highest BCUT2D eigenvalue weighted by molar-refractivity contribution is 6.01. The lowest BCUT2D eigenvalue weighted by Crippen LogP contribution is -2.61. The first kappa shape index (κ1) is 113. The Bertz CT molecular complexity index is 4390. The maximum absolute atomic E-state index is 14.4. The number of aliphatic hydroxyl groups is 1. The van der Waals surface area contributed by atoms with Gasteiger partial charge in [-0.3, -0.25) is 95.9 Å². The Labute approximate surface area is 765 Å². The van der Waals surface area contributed by atoms with Crippen LogP contribution in [0.15, 0.2) is 49.3 Å². The van der Waals surface area contributed by atoms with Crippen LogP contribution in [0.3, 0.4) is 0 Å². The zero-order valence-electron chi connectivity index (χ0n) is 77.6. The second-order valence-corrected chi connectivity index (χ2v) is 34.9. The van der Waals surface area contributed by atoms with Crippen LogP contribution in [0.4, 0.5) is 0 Å². The first-order chi connectivity index (χ1) is 61.8. The number of nitrogens with two attached hydrogens (primary N) is 3. The number of carbonyl (C=O) groups excluding carboxylic acids is 19. The summed E-state index contributed by atoms with van der Waals surface area (Å²) >= 11 is 0. The molecule has 0 bridgehead atoms. The van der Waals surface area contributed by atoms with Gasteiger partial charge in [-0.2, -0.15) is 0 Å². The number of aromatic hydroxyl groups is 1. The maximum Gasteiger partial charge on any atom is 0.303 e. The number of phenolic OH excluding ortho intramolecular Hbond substituents is 1. The predicted molar refractivity (Wildman–Crippen MR) is 476 cm³/mol. The van der Waals surface area contributed by atoms with E-state index in [4.69, 9.17) is 17.2 Å². The summed E-state index contributed by atoms with van der Waals surface area (Å²) in [4.78, 5) is 284. The van der Waals surface area contributed by atoms with Crippen LogP contribution in [0.25, 0.3) is 0 Å². The van der Waals surface area contributed by atoms with E-state index in [1.54, 1.807) is 69.2 Å². The van der Waals surface area contributed by atoms with E-state index in [-0.39, 0.29) is 92.4 Å². The van der Waals surface area contributed by atoms with Crippen molar-refractivity contribution in [1.29, 1.82) is 0 Å². The minimum Gasteiger partial charge on any atom is -0.508 e. The van der Waals surface area contributed by atoms with Crippen molar-refractivity contribution in [2.45, 2.75) is 285 Å². The molecule has 19 amide bonds. The minimum absolute atomic E-state index is 0.00575. The molecule has 17 atom stereocenters. The minimum atomic E-state index is -1.82. The van der Waals surface area contributed by atoms with Crippen molar-refractivity contribution in [3.63, 3.8) is 0 Å². The summed E-state index contributed by atoms with van der Waals surface area (Å²) in [6, 6.07) is -15.6. The molecule has 1 aromatic carbocycles. The molecule has 2 aromatic heterocycles. The highest BCUT2D eigenvalue weighted by Gasteiger charge is 2.39. The number of H-pyrrole nitrogens is 2. The Hall–Kier alpha value is -13.2. The Balaban J connectivity index is 1.68. The van der Waals surface area contributed by atoms with Crippen LogP contribution in [0.2, 0.25) is 0 Å². The standard InChI is InChI=1S/C85H136N24O23/c1-17-45(12)69(84(131)107-59(28-44(10)11)83(130)109-70(49(16)110)85(132)101-56(71(88)118)25-41(4)5)108-67(115)37-92-73(120)47(14)97-74(121)48(15)98-78(125)62(31-52-34-90-39-95-52)106-82(129)63(32-64(87)112)99-66(114)36-91-72(119)46(13)96-65(113)35-93-76(123)61(30-51-33-89-38-94-51)105-80(127)58(27-43(8)9)104-79(126)57(26-42(6)7)103-77(124)55(22-23-68(116)117)100-81(128)60(29-50-18-20-53(111)21-19-50)102-75(122)54(86)24-40(2)3/h18-21,33-34,38-49,54-63,69-70,110-111H,17,22-32,35-37,86H2,1-16H3,(H2,87,112)(H2,88,118)(H,89,94)(H,90,95)(H,91,119)(H,92,120)(H,93,123)(H,96,113)(H,97,121)(H,98,125)(H,99,114)(H,100,128)(H,101,132)(H,102,122)(H,103,124)(H,104,126)(H,105,127)(H,106,129)(H,107,131)(H,108,115)(H,109,130)(H,116,117)/t45-,46-,47-,48-,49+,54-,55-,56-,57-,58-,59-,60-,61-,62-,63-,69-,70-/m0/s1. The molecular weight excluding hydrogens is 1730 g/mol. The zero-order valence-corrected chi connectivity index (χ0v) is 77.6. The van der Waals surface area contributed by atoms with E-state index in [9.17, 15) is 111 Å². The SMILES string of the molecule is CC[C@H](C)[C@H](NC(=O)CNC(=O)[C@H](C)NC(=O)[C@H](C)NC(=O)[C@H](Cc1cnc[nH]1)NC(=O)[C@H](CC(N)=O)NC(=O)CNC(=O)[C@H](C)NC(=O)CNC(=O)[C@H](Cc1cnc[nH]1)NC(=O)[C@H](CC(C)C)NC(=O)[C@H](CC(C)C)NC(=O)[C@H](CCC(=O)O)NC(=O)[C@H](Cc1ccc(O)cc1)NC(=O)[C@@H](N)CC(C)C)C(=O)N[C@@H](CC(C)C)C(=O)N[C@H](C(=O)N[C@@H](CC(C)C)C(N)=O)[C@@H](C)O. The van der Waals surface area contributed by atoms with Crippen molar-refractivity contribution in [1.82, 2.24) is 110 Å². The molecule has 0 fully saturated rings. The van der Waals surface area contributed by atoms with Gasteiger partial charge in [0.05, 0.1) is 50.9 Å². The molecular formula is C85H136N24O23. The zero-order chi connectivity index (χ0) is 99.7. The van der Waals surface area contributed by atoms with Crippen molar-refractivity contribution in [2.24, 2.45) is 52.7 Å². The number of primary amides is 2. The van der Waals surface area contributed by atoms with Gasteiger partial charge in [-0.1, -0.05) is 102 Å². The smallest absolute Gasteiger partial charge is 0.303 e. The fraction of sp³-hybridized carbons (Fsp3) is 0.624. The largest absolute Gasteiger partial charge is 0.508 e. The molecule has 2 heterocycles. The van der Waals surface area contributed by atoms with Crippen LogP contribution in [0.5, 0.6) is 5.75 Å². The molecule has 0 aliphatic carbocycles. The molecule has 28 N–H and O–H groups in total. The van der Waals surface area contributed by atoms with Crippen LogP contribution in [-0.2, 0) is 115 Å². The molecule has 0 aliphatic heterocycles. The molecule has 734 valence electrons. The molecule has 0 spiro atoms. The highest BCUT2D eigenvalue weighted by atomic mass is 16.4. The lowest BCUT2D eigenvalue weighted by atomic mass is 9.96. The Morgan fingerprint density at radius 3 is 1.17 bits per heavy atom. The monoisotopic (exact) mass is 1860 g/mol. The predicted octanol–water partition coefficient (Wildman–Crippen LogP) is -5.73. The number of aromatic nitrogens is 4. The lowest BCUT2D eigenvalue weighted by molar-refractivity contribution is -0.139. The van der Waals surface area contributed by atoms with E-state index >= 15 is 0 Å². The van der Waals surface area contributed by atoms with Gasteiger partial charge in [0.15, 0.2) is 0 Å². The van der Waals surface area contributed by atoms with Gasteiger partial charge in [0.2, 0.25) is 112 Å². The number of hydrogen-bond acceptors (Lipinski definition) is 25. The second-order valence-electron chi connectivity index (χ2n) is 34.9. The van der Waals surface area contributed by atoms with Crippen LogP contribution in [0.1, 0.15) is 186 Å². The van der Waals surface area contributed by atoms with Gasteiger partial charge in [-0.15, -0.1) is 0 Å². The van der Waals surface area contributed by atoms with E-state index < -0.39 is 260 Å². The number of hydrogen-bond donors (Lipinski definition) is 25. The van der Waals surface area contributed by atoms with Gasteiger partial charge >= 0.3 is 5.97 Å². The molecule has 0 unspecified atom stereocenters. The molecule has 0 aliphatic rings. The normalized spacial score (nSPS) is 15.1. The molecule has 132 heavy (non-hydrogen) atoms. The number of carboxylic acids is 1. The number of nitrogens with one attached hydrogen (secondary N) is 19. The summed E-state index contributed by atoms with van der Waals surface area (Å²) in [5, 5.41) is 72.1. The number of nitrogens with zero attached hydrogens (tertiary/aromatic N) is 2. The fourth-order valence-electron chi connectivity index (χ4n) is 13.2. The number of rotatable bonds is 59. The lowest BCUT2D eigenvalue weighted by Gasteiger charge is -2.29. The molecule has 0 saturated carbocycles. The molecule has 47 heteroatoms. The molecule has 0 saturated heterocycles. The average Bonchev–Trinajstić information content (AvgIpc) is 0.989. The van der Waals surface area contributed by atoms with Gasteiger partial charge in [0.1, 0.15) is 90.3 Å². The van der Waals surface area contributed by atoms with E-state index in [1.165, 1.54) is 77.0 Å². The number of phenols is 1. The molecule has 47 nitrogen and oxygen atoms in total. The van der Waals surface area contributed by atoms with Crippen LogP contribution < -0.4 is 108 Å². The van der Waals surface area contributed by atoms with Gasteiger partial charge in [-0.25, -0.2) is 9.97 Å². The second kappa shape index (κ2) is 56.4. The Morgan fingerprint density at radius 1 is 0.371 bits per heavy atom. The van der Waals surface area contributed by atoms with E-state index in [2.05, 4.69) is 110 Å². The van der Waals surface area contributed by atoms with Gasteiger partial charge in [0.25, 0.3) is 0 Å². The van der Waals surface area contributed by atoms with Crippen molar-refractivity contribution in [3.05, 3.63) is 66.3 Å². The molecule has 3 aromatic rings. The van der Waals surface area contributed by atoms with E-state index in [0.717, 1.165) is 0 Å². The number of amides is 19. The average molecular weight is 1860 g/mol. The summed E-state index contributed by atoms with van der Waals surface area (Å²) in [5.41, 5.74) is 18.2. The van der Waals surface area contributed by atoms with Crippen molar-refractivity contribution in [3.8, 4) is 5.75 Å². The number of carbonyl (C=O) groups is 20. The highest BCUT2D eigenvalue weighted by Crippen LogP contribution is 2.18. The first-order valence-corrected chi connectivity index (χ1v) is 43.8. The third-order valence-electron chi connectivity index (χ3n) is 20.4. The van der Waals surface area contributed by atoms with Crippen molar-refractivity contribution >= 4 is 118 Å². The van der Waals surface area contributed by atoms with E-state index in [1.807, 2.05) is 13.8 Å². The third kappa shape index (κ3) is 42.1. The number of aliphatic carboxylic acids is 1. The number of benzene rings is 1. The van der Waals surface area contributed by atoms with Gasteiger partial charge in [-0.05, 0) is 119 Å². The molecule has 0 radical (unpaired) electrons. The maximum atomic E-state index is 14.4. The Morgan fingerprint density at radius 2 is 0.727 bits per heavy atom. The van der Waals surface area contributed by atoms with Crippen molar-refractivity contribution < 1.29 is 111 Å². The summed E-state index contributed by atoms with van der Waals surface area (Å²) < 4.78 is 0. The van der Waals surface area contributed by atoms with Crippen LogP contribution in [0, 0.1) is 35.5 Å². The summed E-state index contributed by atoms with van der Waals surface area (Å²) in [6.07, 6.45) is 1.66. The van der Waals surface area contributed by atoms with Gasteiger partial charge in [0, 0.05) is 49.5 Å². The first-order valence-electron chi connectivity index (χ1n) is 43.8.